The zero-order valence-electron chi connectivity index (χ0n) is 35.0. The van der Waals surface area contributed by atoms with Gasteiger partial charge in [-0.2, -0.15) is 0 Å². The average molecular weight is 713 g/mol. The summed E-state index contributed by atoms with van der Waals surface area (Å²) in [6.07, 6.45) is 11.7. The Labute approximate surface area is 317 Å². The Morgan fingerprint density at radius 3 is 1.02 bits per heavy atom. The smallest absolute Gasteiger partial charge is 0.314 e. The number of carbonyl (C=O) groups excluding carboxylic acids is 2. The van der Waals surface area contributed by atoms with Crippen molar-refractivity contribution in [2.24, 2.45) is 57.2 Å². The molecule has 3 saturated carbocycles. The second-order valence-corrected chi connectivity index (χ2v) is 21.6. The van der Waals surface area contributed by atoms with Gasteiger partial charge in [-0.1, -0.05) is 127 Å². The first kappa shape index (κ1) is 40.6. The van der Waals surface area contributed by atoms with E-state index >= 15 is 0 Å². The van der Waals surface area contributed by atoms with E-state index in [4.69, 9.17) is 9.47 Å². The lowest BCUT2D eigenvalue weighted by molar-refractivity contribution is -0.143. The molecule has 2 aromatic carbocycles. The first-order valence-electron chi connectivity index (χ1n) is 20.7. The molecule has 3 aliphatic rings. The molecule has 52 heavy (non-hydrogen) atoms. The molecule has 0 aromatic heterocycles. The maximum absolute atomic E-state index is 13.7. The van der Waals surface area contributed by atoms with E-state index in [0.29, 0.717) is 35.2 Å². The maximum Gasteiger partial charge on any atom is 0.314 e. The van der Waals surface area contributed by atoms with Crippen LogP contribution in [0.15, 0.2) is 48.5 Å². The highest BCUT2D eigenvalue weighted by molar-refractivity contribution is 5.76. The molecular weight excluding hydrogens is 641 g/mol. The molecule has 6 atom stereocenters. The maximum atomic E-state index is 13.7. The van der Waals surface area contributed by atoms with Crippen LogP contribution in [0.25, 0.3) is 0 Å². The van der Waals surface area contributed by atoms with Crippen LogP contribution in [0.1, 0.15) is 165 Å². The highest BCUT2D eigenvalue weighted by atomic mass is 16.5. The van der Waals surface area contributed by atoms with Gasteiger partial charge in [0.05, 0.1) is 11.8 Å². The lowest BCUT2D eigenvalue weighted by Gasteiger charge is -2.45. The molecule has 4 nitrogen and oxygen atoms in total. The molecule has 3 fully saturated rings. The van der Waals surface area contributed by atoms with Gasteiger partial charge < -0.3 is 9.47 Å². The molecule has 5 rings (SSSR count). The van der Waals surface area contributed by atoms with Crippen molar-refractivity contribution in [1.82, 2.24) is 0 Å². The Kier molecular flexibility index (Phi) is 11.9. The summed E-state index contributed by atoms with van der Waals surface area (Å²) in [6, 6.07) is 16.7. The van der Waals surface area contributed by atoms with E-state index in [1.807, 2.05) is 24.3 Å². The molecule has 3 aliphatic carbocycles. The van der Waals surface area contributed by atoms with E-state index < -0.39 is 0 Å². The van der Waals surface area contributed by atoms with Crippen molar-refractivity contribution >= 4 is 11.9 Å². The standard InChI is InChI=1S/C48H72O4/c1-44(2,3)36-26-32(27-37(30-36)45(4,5)6)42(49)51-40-20-16-34(17-21-40)48(24-14-13-15-25-48)35-18-22-41(23-19-35)52-43(50)33-28-38(46(7,8)9)31-39(29-33)47(10,11)12/h16-23,32-33,36-39H,13-15,24-31H2,1-12H3/t32?,33?,36-,37+,38-,39+. The van der Waals surface area contributed by atoms with Crippen LogP contribution in [0.5, 0.6) is 11.5 Å². The third-order valence-electron chi connectivity index (χ3n) is 13.9. The molecule has 4 heteroatoms. The van der Waals surface area contributed by atoms with Crippen molar-refractivity contribution in [2.75, 3.05) is 0 Å². The van der Waals surface area contributed by atoms with Crippen LogP contribution in [0.2, 0.25) is 0 Å². The highest BCUT2D eigenvalue weighted by Gasteiger charge is 2.44. The molecular formula is C48H72O4. The molecule has 2 unspecified atom stereocenters. The number of carbonyl (C=O) groups is 2. The Bertz CT molecular complexity index is 1350. The molecule has 0 spiro atoms. The number of rotatable bonds is 6. The fraction of sp³-hybridized carbons (Fsp3) is 0.708. The van der Waals surface area contributed by atoms with E-state index in [-0.39, 0.29) is 50.8 Å². The second-order valence-electron chi connectivity index (χ2n) is 21.6. The van der Waals surface area contributed by atoms with Crippen LogP contribution in [0.3, 0.4) is 0 Å². The van der Waals surface area contributed by atoms with Crippen molar-refractivity contribution in [3.63, 3.8) is 0 Å². The fourth-order valence-electron chi connectivity index (χ4n) is 9.83. The summed E-state index contributed by atoms with van der Waals surface area (Å²) in [4.78, 5) is 27.3. The minimum Gasteiger partial charge on any atom is -0.426 e. The fourth-order valence-corrected chi connectivity index (χ4v) is 9.83. The Balaban J connectivity index is 1.29. The van der Waals surface area contributed by atoms with Gasteiger partial charge >= 0.3 is 11.9 Å². The summed E-state index contributed by atoms with van der Waals surface area (Å²) in [7, 11) is 0. The highest BCUT2D eigenvalue weighted by Crippen LogP contribution is 2.51. The van der Waals surface area contributed by atoms with Gasteiger partial charge in [0, 0.05) is 5.41 Å². The van der Waals surface area contributed by atoms with Gasteiger partial charge in [0.2, 0.25) is 0 Å². The van der Waals surface area contributed by atoms with Crippen LogP contribution >= 0.6 is 0 Å². The first-order valence-corrected chi connectivity index (χ1v) is 20.7. The zero-order valence-corrected chi connectivity index (χ0v) is 35.0. The van der Waals surface area contributed by atoms with E-state index in [1.165, 1.54) is 43.2 Å². The largest absolute Gasteiger partial charge is 0.426 e. The lowest BCUT2D eigenvalue weighted by atomic mass is 9.60. The van der Waals surface area contributed by atoms with E-state index in [1.54, 1.807) is 0 Å². The Morgan fingerprint density at radius 2 is 0.750 bits per heavy atom. The minimum atomic E-state index is -0.115. The topological polar surface area (TPSA) is 52.6 Å². The van der Waals surface area contributed by atoms with Gasteiger partial charge in [-0.25, -0.2) is 0 Å². The molecule has 0 aliphatic heterocycles. The second kappa shape index (κ2) is 15.3. The molecule has 0 saturated heterocycles. The summed E-state index contributed by atoms with van der Waals surface area (Å²) in [6.45, 7) is 27.7. The van der Waals surface area contributed by atoms with Gasteiger partial charge in [-0.15, -0.1) is 0 Å². The quantitative estimate of drug-likeness (QED) is 0.221. The van der Waals surface area contributed by atoms with Crippen LogP contribution in [-0.4, -0.2) is 11.9 Å². The third-order valence-corrected chi connectivity index (χ3v) is 13.9. The first-order chi connectivity index (χ1) is 24.1. The summed E-state index contributed by atoms with van der Waals surface area (Å²) in [5, 5.41) is 0. The SMILES string of the molecule is CC(C)(C)[C@@H]1CC(C(=O)Oc2ccc(C3(c4ccc(OC(=O)C5C[C@@H](C(C)(C)C)C[C@@H](C(C)(C)C)C5)cc4)CCCCC3)cc2)C[C@H](C(C)(C)C)C1. The van der Waals surface area contributed by atoms with E-state index in [9.17, 15) is 9.59 Å². The Hall–Kier alpha value is -2.62. The van der Waals surface area contributed by atoms with E-state index in [0.717, 1.165) is 38.5 Å². The predicted octanol–water partition coefficient (Wildman–Crippen LogP) is 13.0. The van der Waals surface area contributed by atoms with Gasteiger partial charge in [0.25, 0.3) is 0 Å². The van der Waals surface area contributed by atoms with Crippen molar-refractivity contribution in [3.8, 4) is 11.5 Å². The lowest BCUT2D eigenvalue weighted by Crippen LogP contribution is -2.39. The van der Waals surface area contributed by atoms with Gasteiger partial charge in [0.15, 0.2) is 0 Å². The monoisotopic (exact) mass is 713 g/mol. The summed E-state index contributed by atoms with van der Waals surface area (Å²) in [5.74, 6) is 2.97. The van der Waals surface area contributed by atoms with Crippen molar-refractivity contribution in [1.29, 1.82) is 0 Å². The van der Waals surface area contributed by atoms with Crippen molar-refractivity contribution in [3.05, 3.63) is 59.7 Å². The third kappa shape index (κ3) is 9.54. The summed E-state index contributed by atoms with van der Waals surface area (Å²) in [5.41, 5.74) is 3.07. The van der Waals surface area contributed by atoms with Crippen LogP contribution in [0.4, 0.5) is 0 Å². The predicted molar refractivity (Wildman–Crippen MR) is 214 cm³/mol. The number of benzene rings is 2. The normalized spacial score (nSPS) is 27.5. The number of hydrogen-bond donors (Lipinski definition) is 0. The molecule has 0 heterocycles. The number of esters is 2. The molecule has 0 amide bonds. The molecule has 0 N–H and O–H groups in total. The summed E-state index contributed by atoms with van der Waals surface area (Å²) >= 11 is 0. The zero-order chi connectivity index (χ0) is 38.3. The van der Waals surface area contributed by atoms with Gasteiger partial charge in [0.1, 0.15) is 11.5 Å². The van der Waals surface area contributed by atoms with E-state index in [2.05, 4.69) is 107 Å². The average Bonchev–Trinajstić information content (AvgIpc) is 3.07. The minimum absolute atomic E-state index is 0.0721. The van der Waals surface area contributed by atoms with Gasteiger partial charge in [-0.3, -0.25) is 9.59 Å². The summed E-state index contributed by atoms with van der Waals surface area (Å²) < 4.78 is 12.2. The molecule has 0 bridgehead atoms. The van der Waals surface area contributed by atoms with Crippen LogP contribution in [-0.2, 0) is 15.0 Å². The van der Waals surface area contributed by atoms with Gasteiger partial charge in [-0.05, 0) is 132 Å². The molecule has 2 aromatic rings. The van der Waals surface area contributed by atoms with Crippen LogP contribution in [0, 0.1) is 57.2 Å². The molecule has 288 valence electrons. The van der Waals surface area contributed by atoms with Crippen LogP contribution < -0.4 is 9.47 Å². The van der Waals surface area contributed by atoms with Crippen molar-refractivity contribution < 1.29 is 19.1 Å². The number of ether oxygens (including phenoxy) is 2. The Morgan fingerprint density at radius 1 is 0.462 bits per heavy atom. The molecule has 0 radical (unpaired) electrons. The van der Waals surface area contributed by atoms with Crippen molar-refractivity contribution in [2.45, 2.75) is 159 Å². The number of hydrogen-bond acceptors (Lipinski definition) is 4.